The zero-order valence-electron chi connectivity index (χ0n) is 13.9. The number of rotatable bonds is 5. The van der Waals surface area contributed by atoms with Gasteiger partial charge in [-0.1, -0.05) is 23.7 Å². The molecule has 0 spiro atoms. The molecule has 25 heavy (non-hydrogen) atoms. The van der Waals surface area contributed by atoms with Crippen LogP contribution in [0.25, 0.3) is 0 Å². The number of hydrogen-bond donors (Lipinski definition) is 2. The van der Waals surface area contributed by atoms with E-state index in [4.69, 9.17) is 11.6 Å². The van der Waals surface area contributed by atoms with Crippen LogP contribution in [0, 0.1) is 5.82 Å². The standard InChI is InChI=1S/C19H21ClFN3O/c20-15-12-14(21)8-9-16(15)23-19(25)13-22-17-6-2-3-7-18(17)24-10-4-1-5-11-24/h2-3,6-9,12,22H,1,4-5,10-11,13H2,(H,23,25). The minimum absolute atomic E-state index is 0.110. The Labute approximate surface area is 152 Å². The van der Waals surface area contributed by atoms with Crippen molar-refractivity contribution in [3.05, 3.63) is 53.3 Å². The van der Waals surface area contributed by atoms with E-state index in [2.05, 4.69) is 21.6 Å². The number of halogens is 2. The molecule has 1 saturated heterocycles. The zero-order chi connectivity index (χ0) is 17.6. The molecule has 1 heterocycles. The number of carbonyl (C=O) groups is 1. The Morgan fingerprint density at radius 2 is 1.84 bits per heavy atom. The first-order valence-corrected chi connectivity index (χ1v) is 8.84. The van der Waals surface area contributed by atoms with Crippen LogP contribution in [0.5, 0.6) is 0 Å². The Balaban J connectivity index is 1.62. The van der Waals surface area contributed by atoms with Gasteiger partial charge in [0.25, 0.3) is 0 Å². The van der Waals surface area contributed by atoms with Crippen LogP contribution in [0.4, 0.5) is 21.5 Å². The predicted molar refractivity (Wildman–Crippen MR) is 101 cm³/mol. The monoisotopic (exact) mass is 361 g/mol. The molecule has 0 saturated carbocycles. The van der Waals surface area contributed by atoms with Gasteiger partial charge in [0.15, 0.2) is 0 Å². The summed E-state index contributed by atoms with van der Waals surface area (Å²) in [7, 11) is 0. The van der Waals surface area contributed by atoms with Gasteiger partial charge in [-0.25, -0.2) is 4.39 Å². The lowest BCUT2D eigenvalue weighted by molar-refractivity contribution is -0.114. The van der Waals surface area contributed by atoms with E-state index in [9.17, 15) is 9.18 Å². The van der Waals surface area contributed by atoms with Crippen molar-refractivity contribution < 1.29 is 9.18 Å². The molecule has 2 aromatic carbocycles. The van der Waals surface area contributed by atoms with Crippen molar-refractivity contribution in [2.45, 2.75) is 19.3 Å². The second-order valence-electron chi connectivity index (χ2n) is 6.09. The summed E-state index contributed by atoms with van der Waals surface area (Å²) in [5.74, 6) is -0.668. The third-order valence-corrected chi connectivity index (χ3v) is 4.56. The molecule has 0 unspecified atom stereocenters. The van der Waals surface area contributed by atoms with Gasteiger partial charge in [-0.2, -0.15) is 0 Å². The first-order valence-electron chi connectivity index (χ1n) is 8.46. The summed E-state index contributed by atoms with van der Waals surface area (Å²) in [6.45, 7) is 2.19. The summed E-state index contributed by atoms with van der Waals surface area (Å²) < 4.78 is 13.1. The van der Waals surface area contributed by atoms with Gasteiger partial charge in [-0.15, -0.1) is 0 Å². The number of benzene rings is 2. The maximum Gasteiger partial charge on any atom is 0.243 e. The number of hydrogen-bond acceptors (Lipinski definition) is 3. The smallest absolute Gasteiger partial charge is 0.243 e. The molecule has 1 fully saturated rings. The molecule has 0 bridgehead atoms. The van der Waals surface area contributed by atoms with E-state index >= 15 is 0 Å². The molecule has 1 aliphatic heterocycles. The van der Waals surface area contributed by atoms with Crippen LogP contribution in [0.1, 0.15) is 19.3 Å². The molecule has 1 amide bonds. The van der Waals surface area contributed by atoms with E-state index in [0.29, 0.717) is 5.69 Å². The van der Waals surface area contributed by atoms with Crippen molar-refractivity contribution in [1.82, 2.24) is 0 Å². The highest BCUT2D eigenvalue weighted by atomic mass is 35.5. The quantitative estimate of drug-likeness (QED) is 0.823. The maximum absolute atomic E-state index is 13.1. The fourth-order valence-corrected chi connectivity index (χ4v) is 3.21. The zero-order valence-corrected chi connectivity index (χ0v) is 14.7. The first-order chi connectivity index (χ1) is 12.1. The van der Waals surface area contributed by atoms with Gasteiger partial charge >= 0.3 is 0 Å². The number of anilines is 3. The summed E-state index contributed by atoms with van der Waals surface area (Å²) in [5.41, 5.74) is 2.46. The van der Waals surface area contributed by atoms with Crippen LogP contribution in [0.2, 0.25) is 5.02 Å². The van der Waals surface area contributed by atoms with Crippen molar-refractivity contribution in [3.8, 4) is 0 Å². The Kier molecular flexibility index (Phi) is 5.76. The molecule has 0 aliphatic carbocycles. The Morgan fingerprint density at radius 3 is 2.60 bits per heavy atom. The SMILES string of the molecule is O=C(CNc1ccccc1N1CCCCC1)Nc1ccc(F)cc1Cl. The molecule has 0 aromatic heterocycles. The van der Waals surface area contributed by atoms with E-state index < -0.39 is 5.82 Å². The summed E-state index contributed by atoms with van der Waals surface area (Å²) in [6, 6.07) is 11.9. The van der Waals surface area contributed by atoms with Crippen LogP contribution >= 0.6 is 11.6 Å². The number of nitrogens with zero attached hydrogens (tertiary/aromatic N) is 1. The second-order valence-corrected chi connectivity index (χ2v) is 6.50. The number of piperidine rings is 1. The fourth-order valence-electron chi connectivity index (χ4n) is 2.99. The molecule has 1 aliphatic rings. The lowest BCUT2D eigenvalue weighted by Gasteiger charge is -2.30. The van der Waals surface area contributed by atoms with Crippen molar-refractivity contribution in [3.63, 3.8) is 0 Å². The van der Waals surface area contributed by atoms with Gasteiger partial charge in [-0.3, -0.25) is 4.79 Å². The van der Waals surface area contributed by atoms with Crippen molar-refractivity contribution in [2.24, 2.45) is 0 Å². The van der Waals surface area contributed by atoms with Crippen LogP contribution in [-0.2, 0) is 4.79 Å². The first kappa shape index (κ1) is 17.5. The topological polar surface area (TPSA) is 44.4 Å². The molecule has 0 atom stereocenters. The van der Waals surface area contributed by atoms with E-state index in [1.165, 1.54) is 37.5 Å². The van der Waals surface area contributed by atoms with Crippen molar-refractivity contribution in [2.75, 3.05) is 35.2 Å². The molecular weight excluding hydrogens is 341 g/mol. The summed E-state index contributed by atoms with van der Waals surface area (Å²) in [6.07, 6.45) is 3.66. The molecule has 132 valence electrons. The number of nitrogens with one attached hydrogen (secondary N) is 2. The third-order valence-electron chi connectivity index (χ3n) is 4.25. The average Bonchev–Trinajstić information content (AvgIpc) is 2.63. The normalized spacial score (nSPS) is 14.2. The van der Waals surface area contributed by atoms with Crippen LogP contribution < -0.4 is 15.5 Å². The summed E-state index contributed by atoms with van der Waals surface area (Å²) in [4.78, 5) is 14.5. The summed E-state index contributed by atoms with van der Waals surface area (Å²) >= 11 is 5.94. The Hall–Kier alpha value is -2.27. The lowest BCUT2D eigenvalue weighted by Crippen LogP contribution is -2.30. The van der Waals surface area contributed by atoms with Gasteiger partial charge in [-0.05, 0) is 49.6 Å². The van der Waals surface area contributed by atoms with Gasteiger partial charge < -0.3 is 15.5 Å². The van der Waals surface area contributed by atoms with Gasteiger partial charge in [0.1, 0.15) is 5.82 Å². The van der Waals surface area contributed by atoms with E-state index in [-0.39, 0.29) is 17.5 Å². The molecule has 3 rings (SSSR count). The highest BCUT2D eigenvalue weighted by Crippen LogP contribution is 2.28. The molecule has 2 aromatic rings. The van der Waals surface area contributed by atoms with Crippen molar-refractivity contribution >= 4 is 34.6 Å². The van der Waals surface area contributed by atoms with Crippen LogP contribution in [0.3, 0.4) is 0 Å². The minimum Gasteiger partial charge on any atom is -0.374 e. The van der Waals surface area contributed by atoms with E-state index in [1.807, 2.05) is 18.2 Å². The third kappa shape index (κ3) is 4.63. The van der Waals surface area contributed by atoms with Gasteiger partial charge in [0.2, 0.25) is 5.91 Å². The predicted octanol–water partition coefficient (Wildman–Crippen LogP) is 4.52. The summed E-state index contributed by atoms with van der Waals surface area (Å²) in [5, 5.41) is 6.07. The Morgan fingerprint density at radius 1 is 1.08 bits per heavy atom. The highest BCUT2D eigenvalue weighted by Gasteiger charge is 2.14. The van der Waals surface area contributed by atoms with Gasteiger partial charge in [0.05, 0.1) is 28.6 Å². The van der Waals surface area contributed by atoms with Crippen LogP contribution in [-0.4, -0.2) is 25.5 Å². The number of carbonyl (C=O) groups excluding carboxylic acids is 1. The molecule has 2 N–H and O–H groups in total. The average molecular weight is 362 g/mol. The van der Waals surface area contributed by atoms with Crippen LogP contribution in [0.15, 0.2) is 42.5 Å². The van der Waals surface area contributed by atoms with Crippen molar-refractivity contribution in [1.29, 1.82) is 0 Å². The second kappa shape index (κ2) is 8.21. The highest BCUT2D eigenvalue weighted by molar-refractivity contribution is 6.33. The maximum atomic E-state index is 13.1. The molecule has 0 radical (unpaired) electrons. The molecular formula is C19H21ClFN3O. The lowest BCUT2D eigenvalue weighted by atomic mass is 10.1. The number of para-hydroxylation sites is 2. The molecule has 6 heteroatoms. The largest absolute Gasteiger partial charge is 0.374 e. The minimum atomic E-state index is -0.434. The van der Waals surface area contributed by atoms with E-state index in [1.54, 1.807) is 0 Å². The van der Waals surface area contributed by atoms with Gasteiger partial charge in [0, 0.05) is 13.1 Å². The Bertz CT molecular complexity index is 747. The molecule has 4 nitrogen and oxygen atoms in total. The fraction of sp³-hybridized carbons (Fsp3) is 0.316. The van der Waals surface area contributed by atoms with E-state index in [0.717, 1.165) is 24.5 Å². The number of amides is 1.